The van der Waals surface area contributed by atoms with E-state index in [-0.39, 0.29) is 23.7 Å². The standard InChI is InChI=1S/C19H20N2O6S/c22-16-19(9-14-15(10-19)27-28(23)26-14)25-17(20-16)21-7-5-18(6-8-21)13-4-2-1-3-12(13)11-24-18/h1-4,14-15H,5-11H2/t14-,15+,19?,28?. The Morgan fingerprint density at radius 1 is 1.07 bits per heavy atom. The Morgan fingerprint density at radius 3 is 2.54 bits per heavy atom. The number of amidine groups is 1. The summed E-state index contributed by atoms with van der Waals surface area (Å²) in [6.07, 6.45) is 1.53. The van der Waals surface area contributed by atoms with Crippen molar-refractivity contribution in [3.63, 3.8) is 0 Å². The first-order valence-corrected chi connectivity index (χ1v) is 10.6. The summed E-state index contributed by atoms with van der Waals surface area (Å²) in [5, 5.41) is 0. The van der Waals surface area contributed by atoms with E-state index in [4.69, 9.17) is 17.8 Å². The van der Waals surface area contributed by atoms with Crippen molar-refractivity contribution in [2.45, 2.75) is 55.7 Å². The predicted octanol–water partition coefficient (Wildman–Crippen LogP) is 1.32. The first-order chi connectivity index (χ1) is 13.6. The number of likely N-dealkylation sites (tertiary alicyclic amines) is 1. The van der Waals surface area contributed by atoms with Gasteiger partial charge in [-0.05, 0) is 24.0 Å². The molecule has 1 saturated carbocycles. The van der Waals surface area contributed by atoms with Crippen LogP contribution < -0.4 is 0 Å². The number of nitrogens with zero attached hydrogens (tertiary/aromatic N) is 2. The lowest BCUT2D eigenvalue weighted by Crippen LogP contribution is -2.46. The molecule has 0 radical (unpaired) electrons. The Morgan fingerprint density at radius 2 is 1.79 bits per heavy atom. The highest BCUT2D eigenvalue weighted by Crippen LogP contribution is 2.46. The largest absolute Gasteiger partial charge is 0.448 e. The third kappa shape index (κ3) is 2.36. The number of hydrogen-bond donors (Lipinski definition) is 0. The molecule has 2 spiro atoms. The van der Waals surface area contributed by atoms with Crippen molar-refractivity contribution >= 4 is 23.3 Å². The maximum atomic E-state index is 12.6. The van der Waals surface area contributed by atoms with Gasteiger partial charge in [-0.2, -0.15) is 9.20 Å². The summed E-state index contributed by atoms with van der Waals surface area (Å²) < 4.78 is 34.1. The van der Waals surface area contributed by atoms with Crippen LogP contribution in [0.3, 0.4) is 0 Å². The van der Waals surface area contributed by atoms with Crippen LogP contribution in [0.4, 0.5) is 0 Å². The average molecular weight is 404 g/mol. The number of fused-ring (bicyclic) bond motifs is 3. The molecule has 0 N–H and O–H groups in total. The van der Waals surface area contributed by atoms with Gasteiger partial charge in [-0.3, -0.25) is 13.2 Å². The van der Waals surface area contributed by atoms with Gasteiger partial charge in [0.2, 0.25) is 0 Å². The van der Waals surface area contributed by atoms with E-state index in [1.54, 1.807) is 0 Å². The quantitative estimate of drug-likeness (QED) is 0.644. The molecule has 6 rings (SSSR count). The van der Waals surface area contributed by atoms with Crippen LogP contribution in [0.15, 0.2) is 29.3 Å². The van der Waals surface area contributed by atoms with Crippen molar-refractivity contribution < 1.29 is 26.8 Å². The predicted molar refractivity (Wildman–Crippen MR) is 97.1 cm³/mol. The highest BCUT2D eigenvalue weighted by molar-refractivity contribution is 7.75. The summed E-state index contributed by atoms with van der Waals surface area (Å²) in [4.78, 5) is 18.9. The molecule has 0 bridgehead atoms. The van der Waals surface area contributed by atoms with E-state index in [0.29, 0.717) is 38.6 Å². The van der Waals surface area contributed by atoms with E-state index in [9.17, 15) is 9.00 Å². The van der Waals surface area contributed by atoms with Gasteiger partial charge in [0.25, 0.3) is 11.9 Å². The topological polar surface area (TPSA) is 86.7 Å². The molecule has 9 heteroatoms. The molecule has 28 heavy (non-hydrogen) atoms. The van der Waals surface area contributed by atoms with Gasteiger partial charge in [0.1, 0.15) is 12.2 Å². The molecule has 2 saturated heterocycles. The summed E-state index contributed by atoms with van der Waals surface area (Å²) in [7, 11) is 0. The smallest absolute Gasteiger partial charge is 0.305 e. The lowest BCUT2D eigenvalue weighted by molar-refractivity contribution is -0.131. The number of aliphatic imine (C=N–C) groups is 1. The van der Waals surface area contributed by atoms with Crippen LogP contribution in [0.5, 0.6) is 0 Å². The third-order valence-electron chi connectivity index (χ3n) is 6.61. The van der Waals surface area contributed by atoms with E-state index in [2.05, 4.69) is 23.2 Å². The Bertz CT molecular complexity index is 893. The van der Waals surface area contributed by atoms with Crippen molar-refractivity contribution in [3.05, 3.63) is 35.4 Å². The minimum atomic E-state index is -1.72. The van der Waals surface area contributed by atoms with Crippen molar-refractivity contribution in [3.8, 4) is 0 Å². The Labute approximate surface area is 164 Å². The van der Waals surface area contributed by atoms with Crippen LogP contribution in [-0.4, -0.2) is 51.9 Å². The van der Waals surface area contributed by atoms with E-state index in [1.807, 2.05) is 11.0 Å². The monoisotopic (exact) mass is 404 g/mol. The molecule has 4 aliphatic heterocycles. The van der Waals surface area contributed by atoms with E-state index >= 15 is 0 Å². The number of ether oxygens (including phenoxy) is 2. The normalized spacial score (nSPS) is 38.0. The SMILES string of the molecule is O=C1N=C(N2CCC3(CC2)OCc2ccccc23)OC12C[C@@H]1OS(=O)O[C@@H]1C2. The van der Waals surface area contributed by atoms with E-state index in [0.717, 1.165) is 12.8 Å². The summed E-state index contributed by atoms with van der Waals surface area (Å²) in [5.41, 5.74) is 1.25. The zero-order valence-corrected chi connectivity index (χ0v) is 16.0. The summed E-state index contributed by atoms with van der Waals surface area (Å²) in [5.74, 6) is -0.294. The van der Waals surface area contributed by atoms with Gasteiger partial charge in [0.15, 0.2) is 5.60 Å². The van der Waals surface area contributed by atoms with Crippen molar-refractivity contribution in [1.29, 1.82) is 0 Å². The lowest BCUT2D eigenvalue weighted by Gasteiger charge is -2.39. The molecule has 1 amide bonds. The number of carbonyl (C=O) groups excluding carboxylic acids is 1. The van der Waals surface area contributed by atoms with E-state index < -0.39 is 17.0 Å². The lowest BCUT2D eigenvalue weighted by atomic mass is 9.84. The minimum absolute atomic E-state index is 0.246. The second-order valence-electron chi connectivity index (χ2n) is 8.10. The van der Waals surface area contributed by atoms with Crippen LogP contribution in [0.2, 0.25) is 0 Å². The molecule has 5 aliphatic rings. The van der Waals surface area contributed by atoms with Crippen molar-refractivity contribution in [2.24, 2.45) is 4.99 Å². The van der Waals surface area contributed by atoms with Gasteiger partial charge < -0.3 is 14.4 Å². The first kappa shape index (κ1) is 17.1. The number of hydrogen-bond acceptors (Lipinski definition) is 7. The molecule has 148 valence electrons. The minimum Gasteiger partial charge on any atom is -0.448 e. The zero-order chi connectivity index (χ0) is 18.9. The Kier molecular flexibility index (Phi) is 3.57. The fraction of sp³-hybridized carbons (Fsp3) is 0.579. The first-order valence-electron chi connectivity index (χ1n) is 9.62. The maximum Gasteiger partial charge on any atom is 0.305 e. The Hall–Kier alpha value is -1.81. The van der Waals surface area contributed by atoms with Crippen LogP contribution in [0.25, 0.3) is 0 Å². The molecule has 8 nitrogen and oxygen atoms in total. The number of piperidine rings is 1. The van der Waals surface area contributed by atoms with Gasteiger partial charge in [-0.15, -0.1) is 0 Å². The van der Waals surface area contributed by atoms with Gasteiger partial charge in [-0.25, -0.2) is 0 Å². The molecule has 4 heterocycles. The van der Waals surface area contributed by atoms with Crippen LogP contribution in [-0.2, 0) is 46.2 Å². The molecule has 1 aromatic rings. The maximum absolute atomic E-state index is 12.6. The fourth-order valence-electron chi connectivity index (χ4n) is 5.09. The van der Waals surface area contributed by atoms with Crippen molar-refractivity contribution in [1.82, 2.24) is 4.90 Å². The third-order valence-corrected chi connectivity index (χ3v) is 7.42. The molecule has 0 aromatic heterocycles. The second kappa shape index (κ2) is 5.85. The summed E-state index contributed by atoms with van der Waals surface area (Å²) in [6.45, 7) is 2.07. The molecular weight excluding hydrogens is 384 g/mol. The highest BCUT2D eigenvalue weighted by Gasteiger charge is 2.61. The molecule has 1 aliphatic carbocycles. The molecular formula is C19H20N2O6S. The van der Waals surface area contributed by atoms with Gasteiger partial charge in [-0.1, -0.05) is 24.3 Å². The molecule has 1 aromatic carbocycles. The molecule has 3 fully saturated rings. The highest BCUT2D eigenvalue weighted by atomic mass is 32.2. The van der Waals surface area contributed by atoms with Gasteiger partial charge in [0, 0.05) is 25.9 Å². The number of amides is 1. The molecule has 4 atom stereocenters. The zero-order valence-electron chi connectivity index (χ0n) is 15.2. The van der Waals surface area contributed by atoms with Gasteiger partial charge in [0.05, 0.1) is 12.2 Å². The van der Waals surface area contributed by atoms with Crippen molar-refractivity contribution in [2.75, 3.05) is 13.1 Å². The average Bonchev–Trinajstić information content (AvgIpc) is 3.40. The Balaban J connectivity index is 1.16. The molecule has 2 unspecified atom stereocenters. The van der Waals surface area contributed by atoms with Crippen LogP contribution in [0.1, 0.15) is 36.8 Å². The van der Waals surface area contributed by atoms with Crippen LogP contribution in [0, 0.1) is 0 Å². The van der Waals surface area contributed by atoms with E-state index in [1.165, 1.54) is 11.1 Å². The number of benzene rings is 1. The second-order valence-corrected chi connectivity index (χ2v) is 8.90. The number of rotatable bonds is 0. The fourth-order valence-corrected chi connectivity index (χ4v) is 5.93. The summed E-state index contributed by atoms with van der Waals surface area (Å²) >= 11 is -1.72. The summed E-state index contributed by atoms with van der Waals surface area (Å²) in [6, 6.07) is 8.76. The van der Waals surface area contributed by atoms with Crippen LogP contribution >= 0.6 is 0 Å². The van der Waals surface area contributed by atoms with Gasteiger partial charge >= 0.3 is 11.4 Å². The number of carbonyl (C=O) groups is 1.